The van der Waals surface area contributed by atoms with Gasteiger partial charge in [0, 0.05) is 50.0 Å². The zero-order chi connectivity index (χ0) is 14.7. The first-order valence-corrected chi connectivity index (χ1v) is 8.84. The number of rotatable bonds is 4. The predicted octanol–water partition coefficient (Wildman–Crippen LogP) is 3.66. The molecule has 4 heteroatoms. The highest BCUT2D eigenvalue weighted by molar-refractivity contribution is 9.10. The number of nitrogens with zero attached hydrogens (tertiary/aromatic N) is 2. The highest BCUT2D eigenvalue weighted by atomic mass is 79.9. The topological polar surface area (TPSA) is 15.7 Å². The Bertz CT molecular complexity index is 466. The number of likely N-dealkylation sites (tertiary alicyclic amines) is 1. The molecule has 0 spiro atoms. The molecule has 0 saturated carbocycles. The molecule has 0 N–H and O–H groups in total. The first-order valence-electron chi connectivity index (χ1n) is 8.05. The van der Waals surface area contributed by atoms with Crippen molar-refractivity contribution in [1.82, 2.24) is 4.90 Å². The molecular formula is C17H25BrN2O. The average Bonchev–Trinajstić information content (AvgIpc) is 3.04. The average molecular weight is 353 g/mol. The molecule has 3 nitrogen and oxygen atoms in total. The maximum Gasteiger partial charge on any atom is 0.0595 e. The first-order chi connectivity index (χ1) is 10.3. The van der Waals surface area contributed by atoms with Crippen LogP contribution < -0.4 is 4.90 Å². The summed E-state index contributed by atoms with van der Waals surface area (Å²) in [4.78, 5) is 5.11. The lowest BCUT2D eigenvalue weighted by atomic mass is 10.1. The highest BCUT2D eigenvalue weighted by Gasteiger charge is 2.21. The third-order valence-corrected chi connectivity index (χ3v) is 5.25. The number of piperidine rings is 1. The van der Waals surface area contributed by atoms with Crippen LogP contribution in [0.15, 0.2) is 22.7 Å². The summed E-state index contributed by atoms with van der Waals surface area (Å²) in [6.45, 7) is 5.77. The molecular weight excluding hydrogens is 328 g/mol. The van der Waals surface area contributed by atoms with Gasteiger partial charge in [0.2, 0.25) is 0 Å². The van der Waals surface area contributed by atoms with Crippen LogP contribution >= 0.6 is 15.9 Å². The second kappa shape index (κ2) is 7.12. The van der Waals surface area contributed by atoms with Gasteiger partial charge in [-0.1, -0.05) is 22.0 Å². The van der Waals surface area contributed by atoms with Gasteiger partial charge in [0.25, 0.3) is 0 Å². The van der Waals surface area contributed by atoms with Gasteiger partial charge in [0.05, 0.1) is 6.10 Å². The van der Waals surface area contributed by atoms with Gasteiger partial charge in [0.15, 0.2) is 0 Å². The zero-order valence-electron chi connectivity index (χ0n) is 12.9. The Labute approximate surface area is 136 Å². The second-order valence-electron chi connectivity index (χ2n) is 6.18. The predicted molar refractivity (Wildman–Crippen MR) is 90.9 cm³/mol. The van der Waals surface area contributed by atoms with Crippen molar-refractivity contribution in [3.8, 4) is 0 Å². The minimum absolute atomic E-state index is 0.462. The van der Waals surface area contributed by atoms with E-state index >= 15 is 0 Å². The van der Waals surface area contributed by atoms with Crippen molar-refractivity contribution in [2.24, 2.45) is 0 Å². The summed E-state index contributed by atoms with van der Waals surface area (Å²) in [6, 6.07) is 6.76. The number of halogens is 1. The fourth-order valence-electron chi connectivity index (χ4n) is 3.47. The Kier molecular flexibility index (Phi) is 5.19. The normalized spacial score (nSPS) is 21.1. The lowest BCUT2D eigenvalue weighted by Crippen LogP contribution is -2.36. The molecule has 2 fully saturated rings. The molecule has 0 unspecified atom stereocenters. The monoisotopic (exact) mass is 352 g/mol. The molecule has 0 aromatic heterocycles. The summed E-state index contributed by atoms with van der Waals surface area (Å²) in [5.41, 5.74) is 2.90. The molecule has 2 heterocycles. The molecule has 116 valence electrons. The smallest absolute Gasteiger partial charge is 0.0595 e. The van der Waals surface area contributed by atoms with E-state index in [-0.39, 0.29) is 0 Å². The molecule has 0 aliphatic carbocycles. The van der Waals surface area contributed by atoms with E-state index in [4.69, 9.17) is 4.74 Å². The number of anilines is 1. The standard InChI is InChI=1S/C17H25BrN2O/c1-21-16-6-10-19(11-7-16)13-14-4-5-15(18)12-17(14)20-8-2-3-9-20/h4-5,12,16H,2-3,6-11,13H2,1H3. The van der Waals surface area contributed by atoms with Gasteiger partial charge >= 0.3 is 0 Å². The van der Waals surface area contributed by atoms with E-state index < -0.39 is 0 Å². The van der Waals surface area contributed by atoms with Crippen molar-refractivity contribution in [2.45, 2.75) is 38.3 Å². The van der Waals surface area contributed by atoms with E-state index in [2.05, 4.69) is 43.9 Å². The Hall–Kier alpha value is -0.580. The van der Waals surface area contributed by atoms with Crippen LogP contribution in [0.2, 0.25) is 0 Å². The SMILES string of the molecule is COC1CCN(Cc2ccc(Br)cc2N2CCCC2)CC1. The molecule has 0 atom stereocenters. The van der Waals surface area contributed by atoms with Gasteiger partial charge in [-0.25, -0.2) is 0 Å². The number of methoxy groups -OCH3 is 1. The first kappa shape index (κ1) is 15.3. The molecule has 1 aromatic rings. The molecule has 1 aromatic carbocycles. The van der Waals surface area contributed by atoms with Crippen molar-refractivity contribution in [1.29, 1.82) is 0 Å². The van der Waals surface area contributed by atoms with E-state index in [0.29, 0.717) is 6.10 Å². The van der Waals surface area contributed by atoms with Crippen LogP contribution in [0.25, 0.3) is 0 Å². The van der Waals surface area contributed by atoms with E-state index in [9.17, 15) is 0 Å². The summed E-state index contributed by atoms with van der Waals surface area (Å²) in [6.07, 6.45) is 5.43. The van der Waals surface area contributed by atoms with E-state index in [1.807, 2.05) is 7.11 Å². The summed E-state index contributed by atoms with van der Waals surface area (Å²) >= 11 is 3.63. The lowest BCUT2D eigenvalue weighted by molar-refractivity contribution is 0.0389. The molecule has 0 bridgehead atoms. The zero-order valence-corrected chi connectivity index (χ0v) is 14.4. The number of ether oxygens (including phenoxy) is 1. The quantitative estimate of drug-likeness (QED) is 0.822. The van der Waals surface area contributed by atoms with Crippen molar-refractivity contribution < 1.29 is 4.74 Å². The molecule has 0 amide bonds. The van der Waals surface area contributed by atoms with Crippen molar-refractivity contribution in [2.75, 3.05) is 38.2 Å². The molecule has 2 aliphatic heterocycles. The molecule has 3 rings (SSSR count). The number of hydrogen-bond acceptors (Lipinski definition) is 3. The molecule has 21 heavy (non-hydrogen) atoms. The highest BCUT2D eigenvalue weighted by Crippen LogP contribution is 2.29. The van der Waals surface area contributed by atoms with Crippen LogP contribution in [0.1, 0.15) is 31.2 Å². The van der Waals surface area contributed by atoms with Crippen molar-refractivity contribution >= 4 is 21.6 Å². The Morgan fingerprint density at radius 2 is 1.86 bits per heavy atom. The third kappa shape index (κ3) is 3.79. The summed E-state index contributed by atoms with van der Waals surface area (Å²) in [5, 5.41) is 0. The number of benzene rings is 1. The van der Waals surface area contributed by atoms with Gasteiger partial charge in [-0.2, -0.15) is 0 Å². The van der Waals surface area contributed by atoms with Gasteiger partial charge in [0.1, 0.15) is 0 Å². The summed E-state index contributed by atoms with van der Waals surface area (Å²) in [5.74, 6) is 0. The maximum atomic E-state index is 5.47. The Morgan fingerprint density at radius 1 is 1.14 bits per heavy atom. The van der Waals surface area contributed by atoms with E-state index in [1.165, 1.54) is 41.7 Å². The summed E-state index contributed by atoms with van der Waals surface area (Å²) in [7, 11) is 1.83. The fourth-order valence-corrected chi connectivity index (χ4v) is 3.82. The van der Waals surface area contributed by atoms with Crippen molar-refractivity contribution in [3.05, 3.63) is 28.2 Å². The third-order valence-electron chi connectivity index (χ3n) is 4.76. The molecule has 2 saturated heterocycles. The maximum absolute atomic E-state index is 5.47. The molecule has 2 aliphatic rings. The van der Waals surface area contributed by atoms with Crippen molar-refractivity contribution in [3.63, 3.8) is 0 Å². The second-order valence-corrected chi connectivity index (χ2v) is 7.09. The van der Waals surface area contributed by atoms with Crippen LogP contribution in [-0.4, -0.2) is 44.3 Å². The van der Waals surface area contributed by atoms with Crippen LogP contribution in [-0.2, 0) is 11.3 Å². The van der Waals surface area contributed by atoms with Gasteiger partial charge in [-0.15, -0.1) is 0 Å². The van der Waals surface area contributed by atoms with Crippen LogP contribution in [0.5, 0.6) is 0 Å². The van der Waals surface area contributed by atoms with Crippen LogP contribution in [0.3, 0.4) is 0 Å². The van der Waals surface area contributed by atoms with Gasteiger partial charge in [-0.05, 0) is 43.4 Å². The Balaban J connectivity index is 1.70. The van der Waals surface area contributed by atoms with Crippen LogP contribution in [0.4, 0.5) is 5.69 Å². The van der Waals surface area contributed by atoms with Gasteiger partial charge < -0.3 is 9.64 Å². The van der Waals surface area contributed by atoms with E-state index in [1.54, 1.807) is 0 Å². The number of hydrogen-bond donors (Lipinski definition) is 0. The fraction of sp³-hybridized carbons (Fsp3) is 0.647. The minimum Gasteiger partial charge on any atom is -0.381 e. The van der Waals surface area contributed by atoms with E-state index in [0.717, 1.165) is 32.5 Å². The summed E-state index contributed by atoms with van der Waals surface area (Å²) < 4.78 is 6.66. The largest absolute Gasteiger partial charge is 0.381 e. The van der Waals surface area contributed by atoms with Crippen LogP contribution in [0, 0.1) is 0 Å². The lowest BCUT2D eigenvalue weighted by Gasteiger charge is -2.32. The minimum atomic E-state index is 0.462. The Morgan fingerprint density at radius 3 is 2.52 bits per heavy atom. The molecule has 0 radical (unpaired) electrons. The van der Waals surface area contributed by atoms with Gasteiger partial charge in [-0.3, -0.25) is 4.90 Å².